The minimum Gasteiger partial charge on any atom is -0.382 e. The summed E-state index contributed by atoms with van der Waals surface area (Å²) < 4.78 is 0. The zero-order chi connectivity index (χ0) is 9.42. The summed E-state index contributed by atoms with van der Waals surface area (Å²) in [4.78, 5) is 21.2. The Morgan fingerprint density at radius 2 is 2.23 bits per heavy atom. The number of nitrogens with zero attached hydrogens (tertiary/aromatic N) is 2. The van der Waals surface area contributed by atoms with E-state index >= 15 is 0 Å². The minimum atomic E-state index is -0.685. The van der Waals surface area contributed by atoms with E-state index in [0.717, 1.165) is 0 Å². The van der Waals surface area contributed by atoms with Gasteiger partial charge in [-0.1, -0.05) is 0 Å². The van der Waals surface area contributed by atoms with E-state index in [1.165, 1.54) is 0 Å². The molecule has 1 amide bonds. The van der Waals surface area contributed by atoms with Gasteiger partial charge in [-0.05, 0) is 6.07 Å². The maximum atomic E-state index is 10.8. The summed E-state index contributed by atoms with van der Waals surface area (Å²) in [5.74, 6) is -0.525. The molecule has 0 unspecified atom stereocenters. The van der Waals surface area contributed by atoms with Crippen molar-refractivity contribution in [3.05, 3.63) is 18.1 Å². The molecule has 0 fully saturated rings. The van der Waals surface area contributed by atoms with Gasteiger partial charge in [-0.25, -0.2) is 9.97 Å². The molecule has 2 aromatic rings. The van der Waals surface area contributed by atoms with Crippen LogP contribution in [0.3, 0.4) is 0 Å². The number of H-pyrrole nitrogens is 1. The lowest BCUT2D eigenvalue weighted by molar-refractivity contribution is 0.0991. The number of fused-ring (bicyclic) bond motifs is 1. The highest BCUT2D eigenvalue weighted by Crippen LogP contribution is 2.14. The molecule has 0 atom stereocenters. The van der Waals surface area contributed by atoms with Crippen LogP contribution < -0.4 is 11.5 Å². The van der Waals surface area contributed by atoms with Crippen LogP contribution >= 0.6 is 0 Å². The molecule has 0 aliphatic carbocycles. The van der Waals surface area contributed by atoms with E-state index in [2.05, 4.69) is 15.0 Å². The number of nitrogen functional groups attached to an aromatic ring is 1. The molecule has 0 spiro atoms. The first kappa shape index (κ1) is 7.53. The molecule has 0 bridgehead atoms. The number of hydrogen-bond acceptors (Lipinski definition) is 4. The molecule has 0 saturated heterocycles. The van der Waals surface area contributed by atoms with Gasteiger partial charge in [-0.3, -0.25) is 4.79 Å². The Morgan fingerprint density at radius 1 is 1.46 bits per heavy atom. The van der Waals surface area contributed by atoms with Crippen LogP contribution in [0, 0.1) is 0 Å². The Morgan fingerprint density at radius 3 is 2.92 bits per heavy atom. The van der Waals surface area contributed by atoms with Gasteiger partial charge < -0.3 is 16.5 Å². The van der Waals surface area contributed by atoms with E-state index in [1.54, 1.807) is 12.3 Å². The van der Waals surface area contributed by atoms with Crippen molar-refractivity contribution in [3.8, 4) is 0 Å². The summed E-state index contributed by atoms with van der Waals surface area (Å²) in [5, 5.41) is 0. The molecule has 0 radical (unpaired) electrons. The van der Waals surface area contributed by atoms with Crippen LogP contribution in [0.4, 0.5) is 5.82 Å². The zero-order valence-corrected chi connectivity index (χ0v) is 6.61. The van der Waals surface area contributed by atoms with Gasteiger partial charge in [0.15, 0.2) is 5.82 Å². The van der Waals surface area contributed by atoms with Crippen molar-refractivity contribution in [3.63, 3.8) is 0 Å². The fraction of sp³-hybridized carbons (Fsp3) is 0. The highest BCUT2D eigenvalue weighted by molar-refractivity contribution is 5.93. The predicted octanol–water partition coefficient (Wildman–Crippen LogP) is -0.361. The smallest absolute Gasteiger partial charge is 0.286 e. The number of nitrogens with one attached hydrogen (secondary N) is 1. The monoisotopic (exact) mass is 177 g/mol. The first-order valence-electron chi connectivity index (χ1n) is 3.59. The van der Waals surface area contributed by atoms with Crippen molar-refractivity contribution in [1.29, 1.82) is 0 Å². The number of carbonyl (C=O) groups excluding carboxylic acids is 1. The molecule has 6 heteroatoms. The van der Waals surface area contributed by atoms with E-state index < -0.39 is 5.91 Å². The van der Waals surface area contributed by atoms with Gasteiger partial charge in [0, 0.05) is 6.20 Å². The summed E-state index contributed by atoms with van der Waals surface area (Å²) >= 11 is 0. The van der Waals surface area contributed by atoms with E-state index in [9.17, 15) is 4.79 Å². The molecule has 0 saturated carbocycles. The highest BCUT2D eigenvalue weighted by Gasteiger charge is 2.09. The third kappa shape index (κ3) is 1.08. The summed E-state index contributed by atoms with van der Waals surface area (Å²) in [6.07, 6.45) is 1.67. The summed E-state index contributed by atoms with van der Waals surface area (Å²) in [5.41, 5.74) is 11.8. The number of hydrogen-bond donors (Lipinski definition) is 3. The predicted molar refractivity (Wildman–Crippen MR) is 46.8 cm³/mol. The van der Waals surface area contributed by atoms with Gasteiger partial charge >= 0.3 is 0 Å². The molecule has 2 rings (SSSR count). The fourth-order valence-corrected chi connectivity index (χ4v) is 1.08. The Kier molecular flexibility index (Phi) is 1.42. The van der Waals surface area contributed by atoms with Crippen LogP contribution in [0.2, 0.25) is 0 Å². The van der Waals surface area contributed by atoms with E-state index in [4.69, 9.17) is 11.5 Å². The standard InChI is InChI=1S/C7H7N5O/c8-5-4-3(1-2-10-4)11-7(12-5)6(9)13/h1-2,10H,(H2,9,13)(H2,8,11,12). The normalized spacial score (nSPS) is 10.5. The Balaban J connectivity index is 2.77. The number of primary amides is 1. The number of nitrogens with two attached hydrogens (primary N) is 2. The molecule has 6 nitrogen and oxygen atoms in total. The van der Waals surface area contributed by atoms with Crippen LogP contribution in [0.1, 0.15) is 10.6 Å². The van der Waals surface area contributed by atoms with Gasteiger partial charge in [0.2, 0.25) is 5.82 Å². The molecular weight excluding hydrogens is 170 g/mol. The van der Waals surface area contributed by atoms with E-state index in [-0.39, 0.29) is 11.6 Å². The molecule has 66 valence electrons. The molecule has 0 aliphatic heterocycles. The van der Waals surface area contributed by atoms with Crippen LogP contribution in [0.15, 0.2) is 12.3 Å². The maximum Gasteiger partial charge on any atom is 0.286 e. The average Bonchev–Trinajstić information content (AvgIpc) is 2.51. The largest absolute Gasteiger partial charge is 0.382 e. The molecule has 0 aliphatic rings. The van der Waals surface area contributed by atoms with Gasteiger partial charge in [-0.15, -0.1) is 0 Å². The molecular formula is C7H7N5O. The van der Waals surface area contributed by atoms with Crippen LogP contribution in [0.5, 0.6) is 0 Å². The fourth-order valence-electron chi connectivity index (χ4n) is 1.08. The third-order valence-electron chi connectivity index (χ3n) is 1.65. The molecule has 2 heterocycles. The van der Waals surface area contributed by atoms with E-state index in [1.807, 2.05) is 0 Å². The SMILES string of the molecule is NC(=O)c1nc(N)c2[nH]ccc2n1. The van der Waals surface area contributed by atoms with Crippen molar-refractivity contribution in [2.45, 2.75) is 0 Å². The van der Waals surface area contributed by atoms with Crippen molar-refractivity contribution in [1.82, 2.24) is 15.0 Å². The third-order valence-corrected chi connectivity index (χ3v) is 1.65. The number of carbonyl (C=O) groups is 1. The summed E-state index contributed by atoms with van der Waals surface area (Å²) in [7, 11) is 0. The van der Waals surface area contributed by atoms with Gasteiger partial charge in [0.05, 0.1) is 5.52 Å². The Labute approximate surface area is 73.0 Å². The first-order valence-corrected chi connectivity index (χ1v) is 3.59. The second-order valence-corrected chi connectivity index (χ2v) is 2.53. The van der Waals surface area contributed by atoms with Crippen LogP contribution in [-0.2, 0) is 0 Å². The van der Waals surface area contributed by atoms with Crippen LogP contribution in [0.25, 0.3) is 11.0 Å². The molecule has 2 aromatic heterocycles. The second kappa shape index (κ2) is 2.44. The number of amides is 1. The first-order chi connectivity index (χ1) is 6.18. The quantitative estimate of drug-likeness (QED) is 0.552. The van der Waals surface area contributed by atoms with Crippen molar-refractivity contribution in [2.24, 2.45) is 5.73 Å². The number of aromatic nitrogens is 3. The lowest BCUT2D eigenvalue weighted by Gasteiger charge is -1.97. The van der Waals surface area contributed by atoms with Gasteiger partial charge in [-0.2, -0.15) is 0 Å². The zero-order valence-electron chi connectivity index (χ0n) is 6.61. The lowest BCUT2D eigenvalue weighted by atomic mass is 10.4. The van der Waals surface area contributed by atoms with Crippen LogP contribution in [-0.4, -0.2) is 20.9 Å². The second-order valence-electron chi connectivity index (χ2n) is 2.53. The van der Waals surface area contributed by atoms with E-state index in [0.29, 0.717) is 11.0 Å². The van der Waals surface area contributed by atoms with Gasteiger partial charge in [0.25, 0.3) is 5.91 Å². The van der Waals surface area contributed by atoms with Crippen molar-refractivity contribution in [2.75, 3.05) is 5.73 Å². The number of aromatic amines is 1. The molecule has 5 N–H and O–H groups in total. The average molecular weight is 177 g/mol. The summed E-state index contributed by atoms with van der Waals surface area (Å²) in [6, 6.07) is 1.69. The lowest BCUT2D eigenvalue weighted by Crippen LogP contribution is -2.16. The molecule has 0 aromatic carbocycles. The van der Waals surface area contributed by atoms with Gasteiger partial charge in [0.1, 0.15) is 5.52 Å². The summed E-state index contributed by atoms with van der Waals surface area (Å²) in [6.45, 7) is 0. The Bertz CT molecular complexity index is 475. The topological polar surface area (TPSA) is 111 Å². The Hall–Kier alpha value is -2.11. The minimum absolute atomic E-state index is 0.0652. The maximum absolute atomic E-state index is 10.8. The number of anilines is 1. The number of rotatable bonds is 1. The highest BCUT2D eigenvalue weighted by atomic mass is 16.1. The molecule has 13 heavy (non-hydrogen) atoms. The van der Waals surface area contributed by atoms with Crippen molar-refractivity contribution < 1.29 is 4.79 Å². The van der Waals surface area contributed by atoms with Crippen molar-refractivity contribution >= 4 is 22.8 Å².